The largest absolute Gasteiger partial charge is 0.481 e. The van der Waals surface area contributed by atoms with E-state index < -0.39 is 36.4 Å². The molecule has 0 radical (unpaired) electrons. The predicted molar refractivity (Wildman–Crippen MR) is 34.9 cm³/mol. The Kier molecular flexibility index (Phi) is 2.40. The Hall–Kier alpha value is -1.00. The number of hydrogen-bond donors (Lipinski definition) is 1. The van der Waals surface area contributed by atoms with Crippen molar-refractivity contribution in [1.29, 1.82) is 0 Å². The zero-order valence-corrected chi connectivity index (χ0v) is 6.17. The Morgan fingerprint density at radius 3 is 2.42 bits per heavy atom. The topological polar surface area (TPSA) is 54.4 Å². The average molecular weight is 178 g/mol. The lowest BCUT2D eigenvalue weighted by Crippen LogP contribution is -2.11. The highest BCUT2D eigenvalue weighted by Crippen LogP contribution is 2.44. The van der Waals surface area contributed by atoms with Crippen molar-refractivity contribution in [3.8, 4) is 0 Å². The van der Waals surface area contributed by atoms with Gasteiger partial charge in [-0.15, -0.1) is 0 Å². The van der Waals surface area contributed by atoms with Gasteiger partial charge in [-0.05, 0) is 6.42 Å². The molecule has 2 atom stereocenters. The normalized spacial score (nSPS) is 27.2. The van der Waals surface area contributed by atoms with E-state index in [1.165, 1.54) is 0 Å². The average Bonchev–Trinajstić information content (AvgIpc) is 2.61. The quantitative estimate of drug-likeness (QED) is 0.651. The third-order valence-electron chi connectivity index (χ3n) is 1.90. The van der Waals surface area contributed by atoms with Crippen LogP contribution in [0.3, 0.4) is 0 Å². The van der Waals surface area contributed by atoms with E-state index in [0.717, 1.165) is 0 Å². The minimum atomic E-state index is -2.49. The van der Waals surface area contributed by atoms with Crippen molar-refractivity contribution in [2.45, 2.75) is 19.3 Å². The monoisotopic (exact) mass is 178 g/mol. The number of alkyl halides is 2. The smallest absolute Gasteiger partial charge is 0.310 e. The number of carboxylic acids is 1. The lowest BCUT2D eigenvalue weighted by atomic mass is 10.1. The van der Waals surface area contributed by atoms with Gasteiger partial charge in [0.25, 0.3) is 0 Å². The Morgan fingerprint density at radius 2 is 2.08 bits per heavy atom. The molecule has 1 aliphatic carbocycles. The van der Waals surface area contributed by atoms with Gasteiger partial charge >= 0.3 is 5.97 Å². The summed E-state index contributed by atoms with van der Waals surface area (Å²) >= 11 is 0. The minimum Gasteiger partial charge on any atom is -0.481 e. The molecular formula is C7H8F2O3. The van der Waals surface area contributed by atoms with Crippen LogP contribution < -0.4 is 0 Å². The fourth-order valence-electron chi connectivity index (χ4n) is 1.14. The van der Waals surface area contributed by atoms with Crippen molar-refractivity contribution in [3.05, 3.63) is 0 Å². The summed E-state index contributed by atoms with van der Waals surface area (Å²) in [6.07, 6.45) is -2.98. The van der Waals surface area contributed by atoms with E-state index in [-0.39, 0.29) is 6.42 Å². The first-order chi connectivity index (χ1) is 5.52. The lowest BCUT2D eigenvalue weighted by Gasteiger charge is -1.95. The molecule has 0 spiro atoms. The summed E-state index contributed by atoms with van der Waals surface area (Å²) in [5, 5.41) is 8.18. The van der Waals surface area contributed by atoms with E-state index in [9.17, 15) is 18.4 Å². The molecule has 0 saturated heterocycles. The molecule has 0 unspecified atom stereocenters. The number of carbonyl (C=O) groups is 2. The molecule has 1 saturated carbocycles. The fourth-order valence-corrected chi connectivity index (χ4v) is 1.14. The molecule has 0 aromatic carbocycles. The van der Waals surface area contributed by atoms with Crippen LogP contribution in [0.2, 0.25) is 0 Å². The lowest BCUT2D eigenvalue weighted by molar-refractivity contribution is -0.140. The number of carbonyl (C=O) groups excluding carboxylic acids is 1. The molecule has 3 nitrogen and oxygen atoms in total. The van der Waals surface area contributed by atoms with Crippen molar-refractivity contribution >= 4 is 11.8 Å². The second kappa shape index (κ2) is 3.16. The van der Waals surface area contributed by atoms with Gasteiger partial charge in [-0.2, -0.15) is 0 Å². The molecule has 12 heavy (non-hydrogen) atoms. The van der Waals surface area contributed by atoms with Crippen LogP contribution in [0.5, 0.6) is 0 Å². The highest BCUT2D eigenvalue weighted by atomic mass is 19.3. The van der Waals surface area contributed by atoms with Gasteiger partial charge in [-0.1, -0.05) is 0 Å². The van der Waals surface area contributed by atoms with Gasteiger partial charge in [0.15, 0.2) is 0 Å². The Morgan fingerprint density at radius 1 is 1.50 bits per heavy atom. The highest BCUT2D eigenvalue weighted by Gasteiger charge is 2.48. The van der Waals surface area contributed by atoms with Crippen LogP contribution in [0, 0.1) is 11.8 Å². The summed E-state index contributed by atoms with van der Waals surface area (Å²) in [6.45, 7) is 0. The molecule has 5 heteroatoms. The molecule has 0 heterocycles. The summed E-state index contributed by atoms with van der Waals surface area (Å²) in [7, 11) is 0. The maximum atomic E-state index is 11.9. The molecule has 1 aliphatic rings. The zero-order valence-electron chi connectivity index (χ0n) is 6.17. The van der Waals surface area contributed by atoms with Crippen molar-refractivity contribution in [2.75, 3.05) is 0 Å². The molecule has 0 aromatic heterocycles. The van der Waals surface area contributed by atoms with E-state index >= 15 is 0 Å². The second-order valence-electron chi connectivity index (χ2n) is 2.88. The molecule has 68 valence electrons. The summed E-state index contributed by atoms with van der Waals surface area (Å²) in [5.41, 5.74) is 0. The van der Waals surface area contributed by atoms with Crippen molar-refractivity contribution in [3.63, 3.8) is 0 Å². The third kappa shape index (κ3) is 1.99. The van der Waals surface area contributed by atoms with E-state index in [4.69, 9.17) is 5.11 Å². The van der Waals surface area contributed by atoms with Gasteiger partial charge in [0.1, 0.15) is 12.2 Å². The Balaban J connectivity index is 2.33. The van der Waals surface area contributed by atoms with Crippen LogP contribution in [-0.4, -0.2) is 23.3 Å². The van der Waals surface area contributed by atoms with Gasteiger partial charge in [-0.25, -0.2) is 8.78 Å². The Bertz CT molecular complexity index is 215. The van der Waals surface area contributed by atoms with Gasteiger partial charge in [0.2, 0.25) is 6.43 Å². The van der Waals surface area contributed by atoms with Crippen LogP contribution >= 0.6 is 0 Å². The number of aliphatic carboxylic acids is 1. The molecular weight excluding hydrogens is 170 g/mol. The molecule has 1 rings (SSSR count). The molecule has 0 aliphatic heterocycles. The number of carboxylic acid groups (broad SMARTS) is 1. The second-order valence-corrected chi connectivity index (χ2v) is 2.88. The Labute approximate surface area is 67.4 Å². The number of hydrogen-bond acceptors (Lipinski definition) is 2. The third-order valence-corrected chi connectivity index (χ3v) is 1.90. The number of Topliss-reactive ketones (excluding diaryl/α,β-unsaturated/α-hetero) is 1. The van der Waals surface area contributed by atoms with Gasteiger partial charge in [0, 0.05) is 11.8 Å². The predicted octanol–water partition coefficient (Wildman–Crippen LogP) is 0.931. The molecule has 0 amide bonds. The fraction of sp³-hybridized carbons (Fsp3) is 0.714. The van der Waals surface area contributed by atoms with Crippen LogP contribution in [0.15, 0.2) is 0 Å². The van der Waals surface area contributed by atoms with Crippen molar-refractivity contribution in [2.24, 2.45) is 11.8 Å². The van der Waals surface area contributed by atoms with E-state index in [2.05, 4.69) is 0 Å². The number of halogens is 2. The van der Waals surface area contributed by atoms with E-state index in [1.54, 1.807) is 0 Å². The van der Waals surface area contributed by atoms with Crippen LogP contribution in [0.1, 0.15) is 12.8 Å². The first kappa shape index (κ1) is 9.09. The summed E-state index contributed by atoms with van der Waals surface area (Å²) in [5.74, 6) is -3.43. The molecule has 0 aromatic rings. The standard InChI is InChI=1S/C7H8F2O3/c8-7(9)4-1-3(4)5(10)2-6(11)12/h3-4,7H,1-2H2,(H,11,12)/t3-,4-/m0/s1. The van der Waals surface area contributed by atoms with Crippen LogP contribution in [0.4, 0.5) is 8.78 Å². The maximum Gasteiger partial charge on any atom is 0.310 e. The van der Waals surface area contributed by atoms with Gasteiger partial charge in [-0.3, -0.25) is 9.59 Å². The van der Waals surface area contributed by atoms with Crippen molar-refractivity contribution < 1.29 is 23.5 Å². The number of ketones is 1. The molecule has 1 fully saturated rings. The van der Waals surface area contributed by atoms with Gasteiger partial charge in [0.05, 0.1) is 0 Å². The van der Waals surface area contributed by atoms with Gasteiger partial charge < -0.3 is 5.11 Å². The zero-order chi connectivity index (χ0) is 9.30. The van der Waals surface area contributed by atoms with E-state index in [1.807, 2.05) is 0 Å². The molecule has 1 N–H and O–H groups in total. The maximum absolute atomic E-state index is 11.9. The summed E-state index contributed by atoms with van der Waals surface area (Å²) in [4.78, 5) is 20.8. The number of rotatable bonds is 4. The highest BCUT2D eigenvalue weighted by molar-refractivity contribution is 5.97. The van der Waals surface area contributed by atoms with Crippen LogP contribution in [0.25, 0.3) is 0 Å². The van der Waals surface area contributed by atoms with Crippen molar-refractivity contribution in [1.82, 2.24) is 0 Å². The van der Waals surface area contributed by atoms with E-state index in [0.29, 0.717) is 0 Å². The van der Waals surface area contributed by atoms with Crippen LogP contribution in [-0.2, 0) is 9.59 Å². The molecule has 0 bridgehead atoms. The summed E-state index contributed by atoms with van der Waals surface area (Å²) < 4.78 is 23.7. The first-order valence-corrected chi connectivity index (χ1v) is 3.55. The minimum absolute atomic E-state index is 0.143. The SMILES string of the molecule is O=C(O)CC(=O)[C@H]1C[C@@H]1C(F)F. The first-order valence-electron chi connectivity index (χ1n) is 3.55. The summed E-state index contributed by atoms with van der Waals surface area (Å²) in [6, 6.07) is 0.